The van der Waals surface area contributed by atoms with Gasteiger partial charge in [-0.2, -0.15) is 0 Å². The molecule has 0 amide bonds. The van der Waals surface area contributed by atoms with Crippen molar-refractivity contribution in [3.63, 3.8) is 0 Å². The normalized spacial score (nSPS) is 19.0. The van der Waals surface area contributed by atoms with Crippen molar-refractivity contribution in [1.82, 2.24) is 0 Å². The average molecular weight is 242 g/mol. The Kier molecular flexibility index (Phi) is 4.77. The predicted molar refractivity (Wildman–Crippen MR) is 72.9 cm³/mol. The SMILES string of the molecule is O=C(/C=C/c1ccccc1)OCC1CC=CCC1. The van der Waals surface area contributed by atoms with Crippen molar-refractivity contribution >= 4 is 12.0 Å². The number of esters is 1. The molecule has 1 unspecified atom stereocenters. The highest BCUT2D eigenvalue weighted by Gasteiger charge is 2.11. The number of carbonyl (C=O) groups is 1. The molecule has 0 saturated carbocycles. The van der Waals surface area contributed by atoms with Crippen molar-refractivity contribution < 1.29 is 9.53 Å². The lowest BCUT2D eigenvalue weighted by Gasteiger charge is -2.16. The summed E-state index contributed by atoms with van der Waals surface area (Å²) < 4.78 is 5.24. The average Bonchev–Trinajstić information content (AvgIpc) is 2.45. The van der Waals surface area contributed by atoms with Gasteiger partial charge in [-0.15, -0.1) is 0 Å². The van der Waals surface area contributed by atoms with Crippen molar-refractivity contribution in [3.05, 3.63) is 54.1 Å². The summed E-state index contributed by atoms with van der Waals surface area (Å²) in [6.45, 7) is 0.530. The molecule has 0 heterocycles. The number of rotatable bonds is 4. The van der Waals surface area contributed by atoms with Crippen molar-refractivity contribution in [2.75, 3.05) is 6.61 Å². The Morgan fingerprint density at radius 3 is 2.83 bits per heavy atom. The zero-order chi connectivity index (χ0) is 12.6. The second kappa shape index (κ2) is 6.80. The lowest BCUT2D eigenvalue weighted by molar-refractivity contribution is -0.139. The molecular weight excluding hydrogens is 224 g/mol. The van der Waals surface area contributed by atoms with E-state index in [4.69, 9.17) is 4.74 Å². The van der Waals surface area contributed by atoms with E-state index in [9.17, 15) is 4.79 Å². The Labute approximate surface area is 108 Å². The molecule has 94 valence electrons. The van der Waals surface area contributed by atoms with E-state index < -0.39 is 0 Å². The summed E-state index contributed by atoms with van der Waals surface area (Å²) in [4.78, 5) is 11.5. The molecule has 1 atom stereocenters. The van der Waals surface area contributed by atoms with Gasteiger partial charge in [0.1, 0.15) is 0 Å². The van der Waals surface area contributed by atoms with Gasteiger partial charge in [-0.3, -0.25) is 0 Å². The van der Waals surface area contributed by atoms with E-state index in [-0.39, 0.29) is 5.97 Å². The van der Waals surface area contributed by atoms with Crippen LogP contribution in [0, 0.1) is 5.92 Å². The quantitative estimate of drug-likeness (QED) is 0.458. The third-order valence-electron chi connectivity index (χ3n) is 3.05. The molecule has 1 aromatic carbocycles. The molecular formula is C16H18O2. The molecule has 1 aliphatic rings. The van der Waals surface area contributed by atoms with Crippen LogP contribution in [0.4, 0.5) is 0 Å². The fourth-order valence-corrected chi connectivity index (χ4v) is 1.98. The summed E-state index contributed by atoms with van der Waals surface area (Å²) in [7, 11) is 0. The van der Waals surface area contributed by atoms with Crippen LogP contribution in [0.2, 0.25) is 0 Å². The number of carbonyl (C=O) groups excluding carboxylic acids is 1. The third kappa shape index (κ3) is 4.21. The number of benzene rings is 1. The Balaban J connectivity index is 1.75. The van der Waals surface area contributed by atoms with Gasteiger partial charge in [0.05, 0.1) is 6.61 Å². The second-order valence-corrected chi connectivity index (χ2v) is 4.52. The number of allylic oxidation sites excluding steroid dienone is 2. The molecule has 1 aromatic rings. The summed E-state index contributed by atoms with van der Waals surface area (Å²) in [6, 6.07) is 9.75. The van der Waals surface area contributed by atoms with Gasteiger partial charge in [0.2, 0.25) is 0 Å². The molecule has 0 spiro atoms. The first-order valence-electron chi connectivity index (χ1n) is 6.39. The second-order valence-electron chi connectivity index (χ2n) is 4.52. The molecule has 0 aliphatic heterocycles. The molecule has 0 saturated heterocycles. The molecule has 0 aromatic heterocycles. The van der Waals surface area contributed by atoms with Gasteiger partial charge in [0, 0.05) is 6.08 Å². The first-order valence-corrected chi connectivity index (χ1v) is 6.39. The maximum atomic E-state index is 11.5. The third-order valence-corrected chi connectivity index (χ3v) is 3.05. The van der Waals surface area contributed by atoms with Gasteiger partial charge in [-0.25, -0.2) is 4.79 Å². The highest BCUT2D eigenvalue weighted by atomic mass is 16.5. The summed E-state index contributed by atoms with van der Waals surface area (Å²) in [5, 5.41) is 0. The van der Waals surface area contributed by atoms with E-state index >= 15 is 0 Å². The van der Waals surface area contributed by atoms with Crippen LogP contribution in [0.25, 0.3) is 6.08 Å². The first-order chi connectivity index (χ1) is 8.84. The van der Waals surface area contributed by atoms with Gasteiger partial charge in [0.25, 0.3) is 0 Å². The van der Waals surface area contributed by atoms with E-state index in [0.29, 0.717) is 12.5 Å². The molecule has 0 N–H and O–H groups in total. The molecule has 0 fully saturated rings. The van der Waals surface area contributed by atoms with Gasteiger partial charge in [-0.05, 0) is 36.8 Å². The Morgan fingerprint density at radius 1 is 1.28 bits per heavy atom. The summed E-state index contributed by atoms with van der Waals surface area (Å²) in [6.07, 6.45) is 10.9. The first kappa shape index (κ1) is 12.6. The largest absolute Gasteiger partial charge is 0.462 e. The Morgan fingerprint density at radius 2 is 2.11 bits per heavy atom. The van der Waals surface area contributed by atoms with Crippen LogP contribution in [0.15, 0.2) is 48.6 Å². The Hall–Kier alpha value is -1.83. The van der Waals surface area contributed by atoms with Crippen molar-refractivity contribution in [2.45, 2.75) is 19.3 Å². The highest BCUT2D eigenvalue weighted by Crippen LogP contribution is 2.18. The van der Waals surface area contributed by atoms with Gasteiger partial charge in [-0.1, -0.05) is 42.5 Å². The zero-order valence-electron chi connectivity index (χ0n) is 10.4. The summed E-state index contributed by atoms with van der Waals surface area (Å²) in [5.74, 6) is 0.234. The minimum atomic E-state index is -0.256. The van der Waals surface area contributed by atoms with Crippen molar-refractivity contribution in [2.24, 2.45) is 5.92 Å². The van der Waals surface area contributed by atoms with Crippen LogP contribution in [-0.4, -0.2) is 12.6 Å². The summed E-state index contributed by atoms with van der Waals surface area (Å²) in [5.41, 5.74) is 1.01. The molecule has 2 heteroatoms. The molecule has 18 heavy (non-hydrogen) atoms. The standard InChI is InChI=1S/C16H18O2/c17-16(12-11-14-7-3-1-4-8-14)18-13-15-9-5-2-6-10-15/h1-5,7-8,11-12,15H,6,9-10,13H2/b12-11+. The minimum Gasteiger partial charge on any atom is -0.462 e. The van der Waals surface area contributed by atoms with E-state index in [1.165, 1.54) is 6.08 Å². The molecule has 2 nitrogen and oxygen atoms in total. The Bertz CT molecular complexity index is 432. The van der Waals surface area contributed by atoms with Gasteiger partial charge >= 0.3 is 5.97 Å². The van der Waals surface area contributed by atoms with Crippen LogP contribution in [-0.2, 0) is 9.53 Å². The van der Waals surface area contributed by atoms with Crippen LogP contribution >= 0.6 is 0 Å². The maximum Gasteiger partial charge on any atom is 0.330 e. The zero-order valence-corrected chi connectivity index (χ0v) is 10.4. The lowest BCUT2D eigenvalue weighted by atomic mass is 9.95. The van der Waals surface area contributed by atoms with Gasteiger partial charge < -0.3 is 4.74 Å². The number of hydrogen-bond acceptors (Lipinski definition) is 2. The van der Waals surface area contributed by atoms with Crippen LogP contribution in [0.1, 0.15) is 24.8 Å². The number of ether oxygens (including phenoxy) is 1. The predicted octanol–water partition coefficient (Wildman–Crippen LogP) is 3.60. The topological polar surface area (TPSA) is 26.3 Å². The van der Waals surface area contributed by atoms with E-state index in [1.807, 2.05) is 30.3 Å². The smallest absolute Gasteiger partial charge is 0.330 e. The minimum absolute atomic E-state index is 0.256. The van der Waals surface area contributed by atoms with E-state index in [0.717, 1.165) is 24.8 Å². The van der Waals surface area contributed by atoms with Crippen LogP contribution in [0.3, 0.4) is 0 Å². The summed E-state index contributed by atoms with van der Waals surface area (Å²) >= 11 is 0. The number of hydrogen-bond donors (Lipinski definition) is 0. The fraction of sp³-hybridized carbons (Fsp3) is 0.312. The molecule has 0 radical (unpaired) electrons. The maximum absolute atomic E-state index is 11.5. The van der Waals surface area contributed by atoms with Crippen molar-refractivity contribution in [3.8, 4) is 0 Å². The fourth-order valence-electron chi connectivity index (χ4n) is 1.98. The van der Waals surface area contributed by atoms with Crippen LogP contribution < -0.4 is 0 Å². The molecule has 1 aliphatic carbocycles. The molecule has 0 bridgehead atoms. The monoisotopic (exact) mass is 242 g/mol. The van der Waals surface area contributed by atoms with Crippen LogP contribution in [0.5, 0.6) is 0 Å². The molecule has 2 rings (SSSR count). The van der Waals surface area contributed by atoms with E-state index in [2.05, 4.69) is 12.2 Å². The lowest BCUT2D eigenvalue weighted by Crippen LogP contribution is -2.13. The highest BCUT2D eigenvalue weighted by molar-refractivity contribution is 5.87. The van der Waals surface area contributed by atoms with Gasteiger partial charge in [0.15, 0.2) is 0 Å². The van der Waals surface area contributed by atoms with E-state index in [1.54, 1.807) is 6.08 Å². The van der Waals surface area contributed by atoms with Crippen molar-refractivity contribution in [1.29, 1.82) is 0 Å².